The molecule has 0 N–H and O–H groups in total. The van der Waals surface area contributed by atoms with Gasteiger partial charge in [0.05, 0.1) is 5.69 Å². The number of anilines is 2. The summed E-state index contributed by atoms with van der Waals surface area (Å²) in [5, 5.41) is 4.17. The monoisotopic (exact) mass is 342 g/mol. The quantitative estimate of drug-likeness (QED) is 0.651. The lowest BCUT2D eigenvalue weighted by atomic mass is 10.1. The molecule has 0 fully saturated rings. The van der Waals surface area contributed by atoms with Crippen LogP contribution in [0, 0.1) is 6.92 Å². The summed E-state index contributed by atoms with van der Waals surface area (Å²) in [5.74, 6) is -0.179. The Kier molecular flexibility index (Phi) is 4.23. The topological polar surface area (TPSA) is 41.9 Å². The minimum Gasteiger partial charge on any atom is -0.390 e. The van der Waals surface area contributed by atoms with Crippen LogP contribution >= 0.6 is 0 Å². The summed E-state index contributed by atoms with van der Waals surface area (Å²) in [6, 6.07) is 25.2. The molecule has 1 amide bonds. The van der Waals surface area contributed by atoms with Gasteiger partial charge in [0, 0.05) is 11.3 Å². The number of oxime groups is 1. The van der Waals surface area contributed by atoms with E-state index in [0.29, 0.717) is 12.3 Å². The van der Waals surface area contributed by atoms with Gasteiger partial charge < -0.3 is 4.84 Å². The lowest BCUT2D eigenvalue weighted by Gasteiger charge is -2.16. The Morgan fingerprint density at radius 2 is 1.69 bits per heavy atom. The highest BCUT2D eigenvalue weighted by Gasteiger charge is 2.35. The van der Waals surface area contributed by atoms with E-state index in [4.69, 9.17) is 4.84 Å². The summed E-state index contributed by atoms with van der Waals surface area (Å²) < 4.78 is 0. The molecule has 4 nitrogen and oxygen atoms in total. The molecule has 4 heteroatoms. The molecule has 4 rings (SSSR count). The highest BCUT2D eigenvalue weighted by Crippen LogP contribution is 2.35. The third kappa shape index (κ3) is 2.97. The molecule has 0 atom stereocenters. The molecule has 3 aromatic rings. The van der Waals surface area contributed by atoms with E-state index in [1.54, 1.807) is 4.90 Å². The Labute approximate surface area is 152 Å². The molecule has 0 unspecified atom stereocenters. The molecule has 0 bridgehead atoms. The zero-order valence-corrected chi connectivity index (χ0v) is 14.4. The zero-order valence-electron chi connectivity index (χ0n) is 14.4. The Morgan fingerprint density at radius 3 is 2.50 bits per heavy atom. The number of benzene rings is 3. The van der Waals surface area contributed by atoms with Crippen molar-refractivity contribution < 1.29 is 9.63 Å². The number of carbonyl (C=O) groups is 1. The van der Waals surface area contributed by atoms with Crippen molar-refractivity contribution >= 4 is 23.0 Å². The van der Waals surface area contributed by atoms with Crippen LogP contribution in [0.4, 0.5) is 11.4 Å². The minimum atomic E-state index is -0.179. The van der Waals surface area contributed by atoms with Crippen LogP contribution in [-0.2, 0) is 16.2 Å². The molecule has 0 spiro atoms. The van der Waals surface area contributed by atoms with E-state index in [1.165, 1.54) is 0 Å². The van der Waals surface area contributed by atoms with Crippen molar-refractivity contribution in [1.29, 1.82) is 0 Å². The van der Waals surface area contributed by atoms with Crippen LogP contribution in [0.25, 0.3) is 0 Å². The first-order valence-corrected chi connectivity index (χ1v) is 8.48. The maximum Gasteiger partial charge on any atom is 0.285 e. The van der Waals surface area contributed by atoms with E-state index in [0.717, 1.165) is 28.1 Å². The number of hydrogen-bond donors (Lipinski definition) is 0. The number of fused-ring (bicyclic) bond motifs is 1. The molecule has 1 aliphatic heterocycles. The first kappa shape index (κ1) is 16.1. The minimum absolute atomic E-state index is 0.179. The summed E-state index contributed by atoms with van der Waals surface area (Å²) in [7, 11) is 0. The van der Waals surface area contributed by atoms with Crippen LogP contribution in [0.1, 0.15) is 16.7 Å². The number of nitrogens with zero attached hydrogens (tertiary/aromatic N) is 2. The first-order chi connectivity index (χ1) is 12.7. The van der Waals surface area contributed by atoms with Crippen molar-refractivity contribution in [2.45, 2.75) is 13.5 Å². The third-order valence-corrected chi connectivity index (χ3v) is 4.29. The van der Waals surface area contributed by atoms with Crippen molar-refractivity contribution in [3.8, 4) is 0 Å². The van der Waals surface area contributed by atoms with Crippen molar-refractivity contribution in [1.82, 2.24) is 0 Å². The summed E-state index contributed by atoms with van der Waals surface area (Å²) in [4.78, 5) is 20.2. The van der Waals surface area contributed by atoms with Gasteiger partial charge in [-0.2, -0.15) is 0 Å². The Balaban J connectivity index is 1.63. The number of amides is 1. The largest absolute Gasteiger partial charge is 0.390 e. The van der Waals surface area contributed by atoms with E-state index in [-0.39, 0.29) is 5.91 Å². The van der Waals surface area contributed by atoms with Crippen molar-refractivity contribution in [3.05, 3.63) is 95.6 Å². The second-order valence-corrected chi connectivity index (χ2v) is 6.20. The van der Waals surface area contributed by atoms with Crippen molar-refractivity contribution in [2.75, 3.05) is 4.90 Å². The van der Waals surface area contributed by atoms with Crippen LogP contribution in [0.5, 0.6) is 0 Å². The molecule has 0 saturated heterocycles. The number of rotatable bonds is 4. The van der Waals surface area contributed by atoms with Gasteiger partial charge in [0.1, 0.15) is 6.61 Å². The molecule has 1 heterocycles. The molecular weight excluding hydrogens is 324 g/mol. The number of aryl methyl sites for hydroxylation is 1. The summed E-state index contributed by atoms with van der Waals surface area (Å²) >= 11 is 0. The normalized spacial score (nSPS) is 14.6. The van der Waals surface area contributed by atoms with E-state index in [2.05, 4.69) is 5.16 Å². The van der Waals surface area contributed by atoms with E-state index >= 15 is 0 Å². The molecule has 0 aliphatic carbocycles. The second-order valence-electron chi connectivity index (χ2n) is 6.20. The van der Waals surface area contributed by atoms with Crippen LogP contribution in [0.3, 0.4) is 0 Å². The summed E-state index contributed by atoms with van der Waals surface area (Å²) in [6.45, 7) is 2.36. The third-order valence-electron chi connectivity index (χ3n) is 4.29. The van der Waals surface area contributed by atoms with Gasteiger partial charge in [-0.25, -0.2) is 0 Å². The Bertz CT molecular complexity index is 980. The van der Waals surface area contributed by atoms with Crippen LogP contribution < -0.4 is 4.90 Å². The fraction of sp³-hybridized carbons (Fsp3) is 0.0909. The molecule has 26 heavy (non-hydrogen) atoms. The lowest BCUT2D eigenvalue weighted by molar-refractivity contribution is -0.111. The zero-order chi connectivity index (χ0) is 17.9. The maximum absolute atomic E-state index is 13.0. The molecule has 3 aromatic carbocycles. The van der Waals surface area contributed by atoms with Gasteiger partial charge in [-0.1, -0.05) is 71.4 Å². The van der Waals surface area contributed by atoms with Crippen molar-refractivity contribution in [2.24, 2.45) is 5.16 Å². The SMILES string of the molecule is Cc1cccc(CO/N=C2/C(=O)N(c3ccccc3)c3ccccc32)c1. The van der Waals surface area contributed by atoms with Gasteiger partial charge in [-0.3, -0.25) is 9.69 Å². The Hall–Kier alpha value is -3.40. The second kappa shape index (κ2) is 6.84. The molecule has 0 aromatic heterocycles. The van der Waals surface area contributed by atoms with E-state index in [9.17, 15) is 4.79 Å². The smallest absolute Gasteiger partial charge is 0.285 e. The summed E-state index contributed by atoms with van der Waals surface area (Å²) in [6.07, 6.45) is 0. The molecular formula is C22H18N2O2. The van der Waals surface area contributed by atoms with Gasteiger partial charge in [0.2, 0.25) is 0 Å². The fourth-order valence-electron chi connectivity index (χ4n) is 3.09. The molecule has 0 saturated carbocycles. The average molecular weight is 342 g/mol. The fourth-order valence-corrected chi connectivity index (χ4v) is 3.09. The predicted molar refractivity (Wildman–Crippen MR) is 103 cm³/mol. The lowest BCUT2D eigenvalue weighted by Crippen LogP contribution is -2.25. The highest BCUT2D eigenvalue weighted by molar-refractivity contribution is 6.55. The average Bonchev–Trinajstić information content (AvgIpc) is 2.94. The van der Waals surface area contributed by atoms with Crippen LogP contribution in [-0.4, -0.2) is 11.6 Å². The van der Waals surface area contributed by atoms with Gasteiger partial charge >= 0.3 is 0 Å². The molecule has 0 radical (unpaired) electrons. The first-order valence-electron chi connectivity index (χ1n) is 8.48. The van der Waals surface area contributed by atoms with Crippen LogP contribution in [0.2, 0.25) is 0 Å². The van der Waals surface area contributed by atoms with E-state index < -0.39 is 0 Å². The number of carbonyl (C=O) groups excluding carboxylic acids is 1. The highest BCUT2D eigenvalue weighted by atomic mass is 16.6. The predicted octanol–water partition coefficient (Wildman–Crippen LogP) is 4.59. The van der Waals surface area contributed by atoms with Gasteiger partial charge in [-0.05, 0) is 30.7 Å². The van der Waals surface area contributed by atoms with Gasteiger partial charge in [0.25, 0.3) is 5.91 Å². The van der Waals surface area contributed by atoms with Crippen molar-refractivity contribution in [3.63, 3.8) is 0 Å². The number of para-hydroxylation sites is 2. The van der Waals surface area contributed by atoms with E-state index in [1.807, 2.05) is 85.8 Å². The standard InChI is InChI=1S/C22H18N2O2/c1-16-8-7-9-17(14-16)15-26-23-21-19-12-5-6-13-20(19)24(22(21)25)18-10-3-2-4-11-18/h2-14H,15H2,1H3/b23-21+. The van der Waals surface area contributed by atoms with Gasteiger partial charge in [-0.15, -0.1) is 0 Å². The number of hydrogen-bond acceptors (Lipinski definition) is 3. The maximum atomic E-state index is 13.0. The van der Waals surface area contributed by atoms with Crippen LogP contribution in [0.15, 0.2) is 84.0 Å². The molecule has 1 aliphatic rings. The summed E-state index contributed by atoms with van der Waals surface area (Å²) in [5.41, 5.74) is 4.93. The molecule has 128 valence electrons. The van der Waals surface area contributed by atoms with Gasteiger partial charge in [0.15, 0.2) is 5.71 Å². The Morgan fingerprint density at radius 1 is 0.923 bits per heavy atom.